The second kappa shape index (κ2) is 4.51. The van der Waals surface area contributed by atoms with Crippen LogP contribution >= 0.6 is 0 Å². The first-order valence-electron chi connectivity index (χ1n) is 3.40. The molecule has 0 N–H and O–H groups in total. The summed E-state index contributed by atoms with van der Waals surface area (Å²) in [6.45, 7) is 4.36. The molecule has 13 heavy (non-hydrogen) atoms. The summed E-state index contributed by atoms with van der Waals surface area (Å²) in [5.41, 5.74) is -1.29. The predicted molar refractivity (Wildman–Crippen MR) is 43.7 cm³/mol. The van der Waals surface area contributed by atoms with E-state index in [1.165, 1.54) is 12.1 Å². The first-order chi connectivity index (χ1) is 5.93. The van der Waals surface area contributed by atoms with Gasteiger partial charge in [0.2, 0.25) is 0 Å². The molecule has 0 saturated carbocycles. The van der Waals surface area contributed by atoms with E-state index in [9.17, 15) is 13.2 Å². The number of nitriles is 1. The lowest BCUT2D eigenvalue weighted by Crippen LogP contribution is -2.11. The van der Waals surface area contributed by atoms with E-state index >= 15 is 0 Å². The van der Waals surface area contributed by atoms with Gasteiger partial charge >= 0.3 is 6.18 Å². The summed E-state index contributed by atoms with van der Waals surface area (Å²) in [4.78, 5) is 0. The summed E-state index contributed by atoms with van der Waals surface area (Å²) in [7, 11) is 0. The van der Waals surface area contributed by atoms with Crippen molar-refractivity contribution in [3.8, 4) is 6.07 Å². The van der Waals surface area contributed by atoms with Gasteiger partial charge in [0.05, 0.1) is 11.6 Å². The zero-order valence-corrected chi connectivity index (χ0v) is 7.02. The van der Waals surface area contributed by atoms with E-state index in [0.717, 1.165) is 19.1 Å². The van der Waals surface area contributed by atoms with E-state index in [-0.39, 0.29) is 5.57 Å². The van der Waals surface area contributed by atoms with Gasteiger partial charge < -0.3 is 0 Å². The molecule has 0 aliphatic carbocycles. The molecule has 0 aromatic carbocycles. The molecule has 0 radical (unpaired) electrons. The van der Waals surface area contributed by atoms with Gasteiger partial charge in [0.15, 0.2) is 0 Å². The van der Waals surface area contributed by atoms with Crippen molar-refractivity contribution in [1.29, 1.82) is 5.26 Å². The fourth-order valence-corrected chi connectivity index (χ4v) is 0.657. The van der Waals surface area contributed by atoms with Crippen LogP contribution < -0.4 is 0 Å². The van der Waals surface area contributed by atoms with Gasteiger partial charge in [-0.3, -0.25) is 0 Å². The maximum absolute atomic E-state index is 12.2. The Kier molecular flexibility index (Phi) is 3.99. The van der Waals surface area contributed by atoms with Crippen LogP contribution in [0.5, 0.6) is 0 Å². The van der Waals surface area contributed by atoms with Crippen molar-refractivity contribution >= 4 is 0 Å². The van der Waals surface area contributed by atoms with E-state index in [1.807, 2.05) is 0 Å². The van der Waals surface area contributed by atoms with Crippen LogP contribution in [0.1, 0.15) is 6.92 Å². The van der Waals surface area contributed by atoms with Crippen LogP contribution in [0, 0.1) is 11.3 Å². The first-order valence-corrected chi connectivity index (χ1v) is 3.40. The summed E-state index contributed by atoms with van der Waals surface area (Å²) in [6, 6.07) is 1.45. The Morgan fingerprint density at radius 2 is 2.00 bits per heavy atom. The first kappa shape index (κ1) is 11.5. The Morgan fingerprint density at radius 1 is 1.46 bits per heavy atom. The molecule has 0 fully saturated rings. The topological polar surface area (TPSA) is 23.8 Å². The minimum atomic E-state index is -4.49. The zero-order valence-electron chi connectivity index (χ0n) is 7.02. The van der Waals surface area contributed by atoms with Crippen molar-refractivity contribution in [1.82, 2.24) is 0 Å². The van der Waals surface area contributed by atoms with Crippen molar-refractivity contribution in [2.75, 3.05) is 0 Å². The number of halogens is 3. The summed E-state index contributed by atoms with van der Waals surface area (Å²) in [5, 5.41) is 8.30. The molecule has 0 aliphatic rings. The smallest absolute Gasteiger partial charge is 0.193 e. The van der Waals surface area contributed by atoms with Gasteiger partial charge in [-0.1, -0.05) is 18.7 Å². The standard InChI is InChI=1S/C9H8F3N/c1-3-4-5-8(7(2)6-13)9(10,11)12/h3-5H,1H2,2H3/b5-4-,8-7-. The minimum absolute atomic E-state index is 0.356. The summed E-state index contributed by atoms with van der Waals surface area (Å²) >= 11 is 0. The van der Waals surface area contributed by atoms with Crippen LogP contribution in [-0.2, 0) is 0 Å². The van der Waals surface area contributed by atoms with Crippen molar-refractivity contribution < 1.29 is 13.2 Å². The van der Waals surface area contributed by atoms with Gasteiger partial charge in [-0.25, -0.2) is 0 Å². The molecule has 70 valence electrons. The van der Waals surface area contributed by atoms with E-state index < -0.39 is 11.7 Å². The number of rotatable bonds is 2. The quantitative estimate of drug-likeness (QED) is 0.481. The zero-order chi connectivity index (χ0) is 10.5. The van der Waals surface area contributed by atoms with Crippen LogP contribution in [0.2, 0.25) is 0 Å². The molecule has 0 aromatic heterocycles. The van der Waals surface area contributed by atoms with E-state index in [4.69, 9.17) is 5.26 Å². The summed E-state index contributed by atoms with van der Waals surface area (Å²) < 4.78 is 36.6. The van der Waals surface area contributed by atoms with Crippen LogP contribution in [0.3, 0.4) is 0 Å². The Morgan fingerprint density at radius 3 is 2.31 bits per heavy atom. The van der Waals surface area contributed by atoms with Crippen molar-refractivity contribution in [2.45, 2.75) is 13.1 Å². The second-order valence-electron chi connectivity index (χ2n) is 2.24. The normalized spacial score (nSPS) is 13.8. The Labute approximate surface area is 74.5 Å². The molecule has 0 aliphatic heterocycles. The number of nitrogens with zero attached hydrogens (tertiary/aromatic N) is 1. The van der Waals surface area contributed by atoms with Crippen LogP contribution in [-0.4, -0.2) is 6.18 Å². The van der Waals surface area contributed by atoms with Crippen molar-refractivity contribution in [3.05, 3.63) is 36.0 Å². The molecule has 0 amide bonds. The van der Waals surface area contributed by atoms with E-state index in [2.05, 4.69) is 6.58 Å². The second-order valence-corrected chi connectivity index (χ2v) is 2.24. The van der Waals surface area contributed by atoms with Gasteiger partial charge in [-0.15, -0.1) is 0 Å². The molecule has 0 spiro atoms. The third-order valence-electron chi connectivity index (χ3n) is 1.28. The minimum Gasteiger partial charge on any atom is -0.193 e. The average Bonchev–Trinajstić information content (AvgIpc) is 2.02. The lowest BCUT2D eigenvalue weighted by molar-refractivity contribution is -0.0887. The maximum atomic E-state index is 12.2. The highest BCUT2D eigenvalue weighted by Crippen LogP contribution is 2.28. The van der Waals surface area contributed by atoms with Crippen LogP contribution in [0.15, 0.2) is 36.0 Å². The monoisotopic (exact) mass is 187 g/mol. The van der Waals surface area contributed by atoms with Gasteiger partial charge in [-0.2, -0.15) is 18.4 Å². The largest absolute Gasteiger partial charge is 0.417 e. The fourth-order valence-electron chi connectivity index (χ4n) is 0.657. The number of hydrogen-bond acceptors (Lipinski definition) is 1. The lowest BCUT2D eigenvalue weighted by Gasteiger charge is -2.07. The van der Waals surface area contributed by atoms with Gasteiger partial charge in [0.25, 0.3) is 0 Å². The van der Waals surface area contributed by atoms with Crippen LogP contribution in [0.25, 0.3) is 0 Å². The SMILES string of the molecule is C=C/C=C\C(=C(/C)C#N)C(F)(F)F. The molecule has 0 saturated heterocycles. The number of allylic oxidation sites excluding steroid dienone is 5. The van der Waals surface area contributed by atoms with Crippen molar-refractivity contribution in [3.63, 3.8) is 0 Å². The third kappa shape index (κ3) is 3.61. The molecular weight excluding hydrogens is 179 g/mol. The maximum Gasteiger partial charge on any atom is 0.417 e. The fraction of sp³-hybridized carbons (Fsp3) is 0.222. The van der Waals surface area contributed by atoms with E-state index in [0.29, 0.717) is 0 Å². The summed E-state index contributed by atoms with van der Waals surface area (Å²) in [5.74, 6) is 0. The van der Waals surface area contributed by atoms with Gasteiger partial charge in [0, 0.05) is 5.57 Å². The molecule has 0 heterocycles. The molecule has 1 nitrogen and oxygen atoms in total. The van der Waals surface area contributed by atoms with Gasteiger partial charge in [-0.05, 0) is 13.0 Å². The molecule has 0 aromatic rings. The molecule has 4 heteroatoms. The lowest BCUT2D eigenvalue weighted by atomic mass is 10.1. The molecular formula is C9H8F3N. The predicted octanol–water partition coefficient (Wildman–Crippen LogP) is 3.13. The molecule has 0 rings (SSSR count). The number of alkyl halides is 3. The average molecular weight is 187 g/mol. The molecule has 0 unspecified atom stereocenters. The molecule has 0 bridgehead atoms. The highest BCUT2D eigenvalue weighted by atomic mass is 19.4. The Hall–Kier alpha value is -1.50. The number of hydrogen-bond donors (Lipinski definition) is 0. The van der Waals surface area contributed by atoms with Crippen LogP contribution in [0.4, 0.5) is 13.2 Å². The van der Waals surface area contributed by atoms with Gasteiger partial charge in [0.1, 0.15) is 0 Å². The Balaban J connectivity index is 5.14. The third-order valence-corrected chi connectivity index (χ3v) is 1.28. The Bertz CT molecular complexity index is 289. The van der Waals surface area contributed by atoms with Crippen molar-refractivity contribution in [2.24, 2.45) is 0 Å². The molecule has 0 atom stereocenters. The highest BCUT2D eigenvalue weighted by molar-refractivity contribution is 5.37. The van der Waals surface area contributed by atoms with E-state index in [1.54, 1.807) is 0 Å². The highest BCUT2D eigenvalue weighted by Gasteiger charge is 2.33. The summed E-state index contributed by atoms with van der Waals surface area (Å²) in [6.07, 6.45) is -1.30.